The van der Waals surface area contributed by atoms with Crippen molar-refractivity contribution in [1.29, 1.82) is 0 Å². The number of ether oxygens (including phenoxy) is 3. The number of methoxy groups -OCH3 is 2. The maximum Gasteiger partial charge on any atom is 0.331 e. The number of hydrogen-bond donors (Lipinski definition) is 1. The number of benzene rings is 1. The molecular weight excluding hydrogens is 260 g/mol. The van der Waals surface area contributed by atoms with Crippen LogP contribution in [0, 0.1) is 0 Å². The molecule has 0 spiro atoms. The zero-order chi connectivity index (χ0) is 15.1. The number of esters is 1. The Kier molecular flexibility index (Phi) is 5.90. The van der Waals surface area contributed by atoms with Crippen molar-refractivity contribution >= 4 is 12.0 Å². The highest BCUT2D eigenvalue weighted by Gasteiger charge is 2.10. The number of phenols is 1. The van der Waals surface area contributed by atoms with E-state index in [1.165, 1.54) is 20.3 Å². The summed E-state index contributed by atoms with van der Waals surface area (Å²) in [5, 5.41) is 9.78. The second-order valence-electron chi connectivity index (χ2n) is 4.26. The van der Waals surface area contributed by atoms with E-state index in [0.29, 0.717) is 5.56 Å². The highest BCUT2D eigenvalue weighted by atomic mass is 16.5. The van der Waals surface area contributed by atoms with E-state index in [2.05, 4.69) is 0 Å². The van der Waals surface area contributed by atoms with Crippen molar-refractivity contribution in [3.05, 3.63) is 23.8 Å². The molecule has 0 saturated heterocycles. The Hall–Kier alpha value is -2.17. The standard InChI is InChI=1S/C15H20O5/c1-5-10(2)20-14(16)7-6-11-8-12(18-3)15(17)13(9-11)19-4/h6-10,17H,5H2,1-4H3/b7-6+. The first-order valence-corrected chi connectivity index (χ1v) is 6.35. The van der Waals surface area contributed by atoms with Crippen molar-refractivity contribution in [1.82, 2.24) is 0 Å². The molecule has 1 aromatic carbocycles. The second kappa shape index (κ2) is 7.43. The van der Waals surface area contributed by atoms with Crippen LogP contribution in [0.2, 0.25) is 0 Å². The van der Waals surface area contributed by atoms with Gasteiger partial charge in [0.1, 0.15) is 0 Å². The molecule has 0 saturated carbocycles. The molecule has 5 nitrogen and oxygen atoms in total. The van der Waals surface area contributed by atoms with Crippen LogP contribution in [0.15, 0.2) is 18.2 Å². The van der Waals surface area contributed by atoms with Gasteiger partial charge in [-0.2, -0.15) is 0 Å². The molecule has 0 heterocycles. The third-order valence-corrected chi connectivity index (χ3v) is 2.81. The molecule has 1 atom stereocenters. The largest absolute Gasteiger partial charge is 0.502 e. The van der Waals surface area contributed by atoms with E-state index in [9.17, 15) is 9.90 Å². The quantitative estimate of drug-likeness (QED) is 0.641. The molecule has 0 amide bonds. The number of aromatic hydroxyl groups is 1. The summed E-state index contributed by atoms with van der Waals surface area (Å²) in [6.07, 6.45) is 3.56. The second-order valence-corrected chi connectivity index (χ2v) is 4.26. The summed E-state index contributed by atoms with van der Waals surface area (Å²) < 4.78 is 15.2. The first kappa shape index (κ1) is 15.9. The number of rotatable bonds is 6. The Morgan fingerprint density at radius 2 is 1.85 bits per heavy atom. The number of carbonyl (C=O) groups excluding carboxylic acids is 1. The molecule has 0 fully saturated rings. The van der Waals surface area contributed by atoms with Crippen molar-refractivity contribution in [2.45, 2.75) is 26.4 Å². The third-order valence-electron chi connectivity index (χ3n) is 2.81. The van der Waals surface area contributed by atoms with Gasteiger partial charge in [-0.15, -0.1) is 0 Å². The number of phenolic OH excluding ortho intramolecular Hbond substituents is 1. The van der Waals surface area contributed by atoms with Crippen molar-refractivity contribution in [2.24, 2.45) is 0 Å². The monoisotopic (exact) mass is 280 g/mol. The fraction of sp³-hybridized carbons (Fsp3) is 0.400. The highest BCUT2D eigenvalue weighted by Crippen LogP contribution is 2.37. The van der Waals surface area contributed by atoms with E-state index in [1.807, 2.05) is 13.8 Å². The van der Waals surface area contributed by atoms with Crippen LogP contribution in [-0.4, -0.2) is 31.4 Å². The van der Waals surface area contributed by atoms with Crippen LogP contribution in [0.4, 0.5) is 0 Å². The van der Waals surface area contributed by atoms with Gasteiger partial charge < -0.3 is 19.3 Å². The maximum absolute atomic E-state index is 11.5. The summed E-state index contributed by atoms with van der Waals surface area (Å²) in [5.74, 6) is 0.0678. The van der Waals surface area contributed by atoms with E-state index in [1.54, 1.807) is 18.2 Å². The zero-order valence-corrected chi connectivity index (χ0v) is 12.2. The molecule has 0 aliphatic heterocycles. The first-order chi connectivity index (χ1) is 9.51. The van der Waals surface area contributed by atoms with Gasteiger partial charge in [0.05, 0.1) is 20.3 Å². The fourth-order valence-electron chi connectivity index (χ4n) is 1.50. The Balaban J connectivity index is 2.89. The number of hydrogen-bond acceptors (Lipinski definition) is 5. The third kappa shape index (κ3) is 4.19. The van der Waals surface area contributed by atoms with Gasteiger partial charge in [-0.1, -0.05) is 6.92 Å². The number of carbonyl (C=O) groups is 1. The summed E-state index contributed by atoms with van der Waals surface area (Å²) in [4.78, 5) is 11.5. The molecule has 20 heavy (non-hydrogen) atoms. The van der Waals surface area contributed by atoms with Crippen molar-refractivity contribution in [3.8, 4) is 17.2 Å². The Labute approximate surface area is 118 Å². The van der Waals surface area contributed by atoms with Gasteiger partial charge in [-0.05, 0) is 37.1 Å². The van der Waals surface area contributed by atoms with E-state index in [0.717, 1.165) is 6.42 Å². The molecule has 0 aliphatic rings. The minimum Gasteiger partial charge on any atom is -0.502 e. The zero-order valence-electron chi connectivity index (χ0n) is 12.2. The molecule has 0 aliphatic carbocycles. The van der Waals surface area contributed by atoms with E-state index < -0.39 is 5.97 Å². The summed E-state index contributed by atoms with van der Waals surface area (Å²) in [6.45, 7) is 3.77. The van der Waals surface area contributed by atoms with Gasteiger partial charge in [-0.25, -0.2) is 4.79 Å². The van der Waals surface area contributed by atoms with Gasteiger partial charge in [-0.3, -0.25) is 0 Å². The van der Waals surface area contributed by atoms with Crippen LogP contribution in [0.3, 0.4) is 0 Å². The molecule has 1 N–H and O–H groups in total. The molecule has 1 rings (SSSR count). The Morgan fingerprint density at radius 3 is 2.30 bits per heavy atom. The smallest absolute Gasteiger partial charge is 0.331 e. The van der Waals surface area contributed by atoms with Crippen LogP contribution in [-0.2, 0) is 9.53 Å². The average molecular weight is 280 g/mol. The molecule has 0 aromatic heterocycles. The molecule has 1 aromatic rings. The molecular formula is C15H20O5. The minimum absolute atomic E-state index is 0.0747. The van der Waals surface area contributed by atoms with Gasteiger partial charge >= 0.3 is 5.97 Å². The first-order valence-electron chi connectivity index (χ1n) is 6.35. The van der Waals surface area contributed by atoms with Crippen LogP contribution >= 0.6 is 0 Å². The lowest BCUT2D eigenvalue weighted by atomic mass is 10.1. The predicted octanol–water partition coefficient (Wildman–Crippen LogP) is 2.76. The SMILES string of the molecule is CCC(C)OC(=O)/C=C/c1cc(OC)c(O)c(OC)c1. The summed E-state index contributed by atoms with van der Waals surface area (Å²) in [5.41, 5.74) is 0.664. The lowest BCUT2D eigenvalue weighted by molar-refractivity contribution is -0.142. The van der Waals surface area contributed by atoms with E-state index >= 15 is 0 Å². The molecule has 5 heteroatoms. The maximum atomic E-state index is 11.5. The average Bonchev–Trinajstić information content (AvgIpc) is 2.45. The van der Waals surface area contributed by atoms with Crippen LogP contribution in [0.1, 0.15) is 25.8 Å². The predicted molar refractivity (Wildman–Crippen MR) is 76.1 cm³/mol. The van der Waals surface area contributed by atoms with Crippen molar-refractivity contribution in [2.75, 3.05) is 14.2 Å². The highest BCUT2D eigenvalue weighted by molar-refractivity contribution is 5.87. The molecule has 110 valence electrons. The van der Waals surface area contributed by atoms with Gasteiger partial charge in [0, 0.05) is 6.08 Å². The lowest BCUT2D eigenvalue weighted by Gasteiger charge is -2.10. The Bertz CT molecular complexity index is 468. The van der Waals surface area contributed by atoms with Gasteiger partial charge in [0.25, 0.3) is 0 Å². The van der Waals surface area contributed by atoms with Crippen LogP contribution < -0.4 is 9.47 Å². The lowest BCUT2D eigenvalue weighted by Crippen LogP contribution is -2.11. The normalized spacial score (nSPS) is 12.2. The Morgan fingerprint density at radius 1 is 1.30 bits per heavy atom. The molecule has 0 bridgehead atoms. The van der Waals surface area contributed by atoms with Crippen molar-refractivity contribution < 1.29 is 24.1 Å². The summed E-state index contributed by atoms with van der Waals surface area (Å²) in [7, 11) is 2.89. The molecule has 1 unspecified atom stereocenters. The summed E-state index contributed by atoms with van der Waals surface area (Å²) in [6, 6.07) is 3.20. The topological polar surface area (TPSA) is 65.0 Å². The van der Waals surface area contributed by atoms with Crippen molar-refractivity contribution in [3.63, 3.8) is 0 Å². The van der Waals surface area contributed by atoms with E-state index in [4.69, 9.17) is 14.2 Å². The summed E-state index contributed by atoms with van der Waals surface area (Å²) >= 11 is 0. The van der Waals surface area contributed by atoms with Gasteiger partial charge in [0.2, 0.25) is 5.75 Å². The minimum atomic E-state index is -0.412. The molecule has 0 radical (unpaired) electrons. The van der Waals surface area contributed by atoms with Crippen LogP contribution in [0.5, 0.6) is 17.2 Å². The fourth-order valence-corrected chi connectivity index (χ4v) is 1.50. The van der Waals surface area contributed by atoms with Gasteiger partial charge in [0.15, 0.2) is 11.5 Å². The van der Waals surface area contributed by atoms with E-state index in [-0.39, 0.29) is 23.4 Å². The van der Waals surface area contributed by atoms with Crippen LogP contribution in [0.25, 0.3) is 6.08 Å².